The normalized spacial score (nSPS) is 11.0. The average molecular weight is 313 g/mol. The lowest BCUT2D eigenvalue weighted by Gasteiger charge is -2.02. The summed E-state index contributed by atoms with van der Waals surface area (Å²) in [5.74, 6) is -0.134. The summed E-state index contributed by atoms with van der Waals surface area (Å²) in [4.78, 5) is 19.1. The maximum absolute atomic E-state index is 12.5. The van der Waals surface area contributed by atoms with Crippen molar-refractivity contribution < 1.29 is 4.79 Å². The van der Waals surface area contributed by atoms with Gasteiger partial charge in [-0.3, -0.25) is 4.79 Å². The highest BCUT2D eigenvalue weighted by Crippen LogP contribution is 2.28. The van der Waals surface area contributed by atoms with E-state index in [2.05, 4.69) is 16.0 Å². The monoisotopic (exact) mass is 313 g/mol. The number of aromatic nitrogens is 2. The van der Waals surface area contributed by atoms with Crippen molar-refractivity contribution in [2.24, 2.45) is 0 Å². The first-order chi connectivity index (χ1) is 11.8. The number of nitrogens with one attached hydrogen (secondary N) is 2. The molecule has 0 aliphatic heterocycles. The first-order valence-corrected chi connectivity index (χ1v) is 7.82. The van der Waals surface area contributed by atoms with Crippen LogP contribution in [0.1, 0.15) is 28.0 Å². The highest BCUT2D eigenvalue weighted by atomic mass is 16.1. The third-order valence-corrected chi connectivity index (χ3v) is 4.34. The fourth-order valence-electron chi connectivity index (χ4n) is 3.28. The average Bonchev–Trinajstić information content (AvgIpc) is 3.17. The quantitative estimate of drug-likeness (QED) is 0.550. The van der Waals surface area contributed by atoms with E-state index in [1.165, 1.54) is 0 Å². The van der Waals surface area contributed by atoms with Crippen LogP contribution >= 0.6 is 0 Å². The van der Waals surface area contributed by atoms with E-state index in [0.29, 0.717) is 12.0 Å². The van der Waals surface area contributed by atoms with Gasteiger partial charge in [-0.05, 0) is 17.7 Å². The molecule has 0 fully saturated rings. The molecule has 0 spiro atoms. The Hall–Kier alpha value is -3.32. The van der Waals surface area contributed by atoms with Crippen molar-refractivity contribution in [1.29, 1.82) is 5.26 Å². The van der Waals surface area contributed by atoms with Gasteiger partial charge < -0.3 is 9.97 Å². The van der Waals surface area contributed by atoms with Crippen LogP contribution in [0.25, 0.3) is 21.8 Å². The summed E-state index contributed by atoms with van der Waals surface area (Å²) in [6.07, 6.45) is 2.49. The van der Waals surface area contributed by atoms with Crippen LogP contribution in [0.3, 0.4) is 0 Å². The van der Waals surface area contributed by atoms with Gasteiger partial charge in [0.1, 0.15) is 0 Å². The molecule has 116 valence electrons. The second kappa shape index (κ2) is 5.71. The number of nitriles is 1. The molecule has 24 heavy (non-hydrogen) atoms. The number of carbonyl (C=O) groups excluding carboxylic acids is 1. The Labute approximate surface area is 138 Å². The molecule has 4 heteroatoms. The third-order valence-electron chi connectivity index (χ3n) is 4.34. The van der Waals surface area contributed by atoms with Crippen LogP contribution < -0.4 is 0 Å². The molecule has 0 radical (unpaired) electrons. The molecule has 2 aromatic heterocycles. The van der Waals surface area contributed by atoms with E-state index >= 15 is 0 Å². The number of para-hydroxylation sites is 2. The number of rotatable bonds is 4. The van der Waals surface area contributed by atoms with Crippen LogP contribution in [0.15, 0.2) is 54.7 Å². The number of benzene rings is 2. The first kappa shape index (κ1) is 14.3. The van der Waals surface area contributed by atoms with Crippen LogP contribution in [-0.2, 0) is 6.42 Å². The Morgan fingerprint density at radius 2 is 1.71 bits per heavy atom. The van der Waals surface area contributed by atoms with Gasteiger partial charge in [0.25, 0.3) is 0 Å². The molecule has 0 aliphatic rings. The Morgan fingerprint density at radius 1 is 1.00 bits per heavy atom. The number of fused-ring (bicyclic) bond motifs is 2. The van der Waals surface area contributed by atoms with Crippen molar-refractivity contribution in [2.75, 3.05) is 0 Å². The number of aromatic amines is 2. The van der Waals surface area contributed by atoms with Crippen molar-refractivity contribution in [1.82, 2.24) is 9.97 Å². The van der Waals surface area contributed by atoms with Gasteiger partial charge in [-0.1, -0.05) is 36.4 Å². The summed E-state index contributed by atoms with van der Waals surface area (Å²) in [5.41, 5.74) is 4.63. The van der Waals surface area contributed by atoms with Gasteiger partial charge in [-0.15, -0.1) is 0 Å². The summed E-state index contributed by atoms with van der Waals surface area (Å²) in [7, 11) is 0. The van der Waals surface area contributed by atoms with Crippen molar-refractivity contribution in [3.05, 3.63) is 71.5 Å². The zero-order chi connectivity index (χ0) is 16.5. The lowest BCUT2D eigenvalue weighted by atomic mass is 10.00. The molecule has 0 saturated heterocycles. The molecule has 2 N–H and O–H groups in total. The van der Waals surface area contributed by atoms with E-state index in [0.717, 1.165) is 33.1 Å². The summed E-state index contributed by atoms with van der Waals surface area (Å²) in [5, 5.41) is 10.9. The molecule has 4 rings (SSSR count). The summed E-state index contributed by atoms with van der Waals surface area (Å²) in [6, 6.07) is 17.8. The SMILES string of the molecule is N#CCC(=O)c1c(Cc2c[nH]c3ccccc23)[nH]c2ccccc12. The smallest absolute Gasteiger partial charge is 0.179 e. The first-order valence-electron chi connectivity index (χ1n) is 7.82. The Kier molecular flexibility index (Phi) is 3.40. The van der Waals surface area contributed by atoms with Crippen LogP contribution in [-0.4, -0.2) is 15.8 Å². The molecule has 4 aromatic rings. The van der Waals surface area contributed by atoms with Crippen LogP contribution in [0.4, 0.5) is 0 Å². The van der Waals surface area contributed by atoms with E-state index in [4.69, 9.17) is 5.26 Å². The van der Waals surface area contributed by atoms with Crippen LogP contribution in [0, 0.1) is 11.3 Å². The maximum Gasteiger partial charge on any atom is 0.179 e. The zero-order valence-electron chi connectivity index (χ0n) is 13.0. The van der Waals surface area contributed by atoms with Gasteiger partial charge in [0.2, 0.25) is 0 Å². The van der Waals surface area contributed by atoms with E-state index in [1.807, 2.05) is 54.7 Å². The van der Waals surface area contributed by atoms with E-state index in [9.17, 15) is 4.79 Å². The molecule has 4 nitrogen and oxygen atoms in total. The van der Waals surface area contributed by atoms with Gasteiger partial charge in [0.15, 0.2) is 5.78 Å². The van der Waals surface area contributed by atoms with Crippen molar-refractivity contribution in [3.8, 4) is 6.07 Å². The summed E-state index contributed by atoms with van der Waals surface area (Å²) in [6.45, 7) is 0. The minimum Gasteiger partial charge on any atom is -0.361 e. The molecular formula is C20H15N3O. The van der Waals surface area contributed by atoms with Crippen molar-refractivity contribution >= 4 is 27.6 Å². The number of hydrogen-bond donors (Lipinski definition) is 2. The number of ketones is 1. The standard InChI is InChI=1S/C20H15N3O/c21-10-9-19(24)20-15-6-2-4-8-17(15)23-18(20)11-13-12-22-16-7-3-1-5-14(13)16/h1-8,12,22-23H,9,11H2. The predicted octanol–water partition coefficient (Wildman–Crippen LogP) is 4.34. The van der Waals surface area contributed by atoms with E-state index < -0.39 is 0 Å². The number of H-pyrrole nitrogens is 2. The lowest BCUT2D eigenvalue weighted by Crippen LogP contribution is -2.02. The van der Waals surface area contributed by atoms with Crippen molar-refractivity contribution in [2.45, 2.75) is 12.8 Å². The van der Waals surface area contributed by atoms with E-state index in [-0.39, 0.29) is 12.2 Å². The Balaban J connectivity index is 1.85. The highest BCUT2D eigenvalue weighted by Gasteiger charge is 2.19. The molecule has 0 atom stereocenters. The van der Waals surface area contributed by atoms with Gasteiger partial charge in [0.05, 0.1) is 12.5 Å². The van der Waals surface area contributed by atoms with Crippen LogP contribution in [0.5, 0.6) is 0 Å². The molecule has 0 aliphatic carbocycles. The maximum atomic E-state index is 12.5. The number of nitrogens with zero attached hydrogens (tertiary/aromatic N) is 1. The predicted molar refractivity (Wildman–Crippen MR) is 94.0 cm³/mol. The topological polar surface area (TPSA) is 72.4 Å². The minimum atomic E-state index is -0.134. The fourth-order valence-corrected chi connectivity index (χ4v) is 3.28. The number of hydrogen-bond acceptors (Lipinski definition) is 2. The Morgan fingerprint density at radius 3 is 2.50 bits per heavy atom. The molecule has 2 heterocycles. The summed E-state index contributed by atoms with van der Waals surface area (Å²) >= 11 is 0. The minimum absolute atomic E-state index is 0.108. The molecule has 0 bridgehead atoms. The fraction of sp³-hybridized carbons (Fsp3) is 0.100. The molecule has 0 amide bonds. The van der Waals surface area contributed by atoms with Crippen LogP contribution in [0.2, 0.25) is 0 Å². The largest absolute Gasteiger partial charge is 0.361 e. The zero-order valence-corrected chi connectivity index (χ0v) is 13.0. The number of Topliss-reactive ketones (excluding diaryl/α,β-unsaturated/α-hetero) is 1. The molecular weight excluding hydrogens is 298 g/mol. The Bertz CT molecular complexity index is 1090. The highest BCUT2D eigenvalue weighted by molar-refractivity contribution is 6.10. The lowest BCUT2D eigenvalue weighted by molar-refractivity contribution is 0.0998. The van der Waals surface area contributed by atoms with Crippen molar-refractivity contribution in [3.63, 3.8) is 0 Å². The third kappa shape index (κ3) is 2.27. The number of carbonyl (C=O) groups is 1. The molecule has 0 unspecified atom stereocenters. The van der Waals surface area contributed by atoms with Gasteiger partial charge in [-0.2, -0.15) is 5.26 Å². The second-order valence-electron chi connectivity index (χ2n) is 5.82. The summed E-state index contributed by atoms with van der Waals surface area (Å²) < 4.78 is 0. The van der Waals surface area contributed by atoms with Gasteiger partial charge in [-0.25, -0.2) is 0 Å². The van der Waals surface area contributed by atoms with Gasteiger partial charge >= 0.3 is 0 Å². The molecule has 0 saturated carbocycles. The second-order valence-corrected chi connectivity index (χ2v) is 5.82. The van der Waals surface area contributed by atoms with Gasteiger partial charge in [0, 0.05) is 45.7 Å². The van der Waals surface area contributed by atoms with E-state index in [1.54, 1.807) is 0 Å². The molecule has 2 aromatic carbocycles.